The van der Waals surface area contributed by atoms with E-state index in [-0.39, 0.29) is 12.5 Å². The molecule has 0 bridgehead atoms. The van der Waals surface area contributed by atoms with Crippen LogP contribution in [0, 0.1) is 0 Å². The molecular weight excluding hydrogens is 256 g/mol. The number of hydrogen-bond acceptors (Lipinski definition) is 5. The Hall–Kier alpha value is -1.44. The van der Waals surface area contributed by atoms with Crippen LogP contribution in [-0.2, 0) is 4.79 Å². The van der Waals surface area contributed by atoms with Gasteiger partial charge in [0.05, 0.1) is 17.6 Å². The largest absolute Gasteiger partial charge is 0.394 e. The molecular formula is C11H16N2O4S. The quantitative estimate of drug-likeness (QED) is 0.552. The van der Waals surface area contributed by atoms with E-state index in [1.807, 2.05) is 0 Å². The molecule has 1 rings (SSSR count). The molecule has 1 aromatic heterocycles. The van der Waals surface area contributed by atoms with Crippen LogP contribution in [0.2, 0.25) is 0 Å². The minimum Gasteiger partial charge on any atom is -0.394 e. The number of nitrogens with one attached hydrogen (secondary N) is 2. The maximum Gasteiger partial charge on any atom is 0.261 e. The van der Waals surface area contributed by atoms with E-state index in [9.17, 15) is 9.59 Å². The molecule has 0 fully saturated rings. The van der Waals surface area contributed by atoms with Crippen LogP contribution in [0.15, 0.2) is 17.5 Å². The molecule has 1 aromatic rings. The molecule has 0 aromatic carbocycles. The van der Waals surface area contributed by atoms with Crippen molar-refractivity contribution in [1.29, 1.82) is 0 Å². The molecule has 0 aliphatic carbocycles. The Labute approximate surface area is 109 Å². The number of aliphatic hydroxyl groups excluding tert-OH is 2. The summed E-state index contributed by atoms with van der Waals surface area (Å²) in [6.45, 7) is 1.08. The first-order valence-corrected chi connectivity index (χ1v) is 6.33. The molecule has 0 saturated carbocycles. The summed E-state index contributed by atoms with van der Waals surface area (Å²) in [4.78, 5) is 23.7. The predicted molar refractivity (Wildman–Crippen MR) is 67.3 cm³/mol. The highest BCUT2D eigenvalue weighted by Gasteiger charge is 2.17. The summed E-state index contributed by atoms with van der Waals surface area (Å²) in [5.41, 5.74) is 0. The van der Waals surface area contributed by atoms with Crippen LogP contribution in [0.5, 0.6) is 0 Å². The van der Waals surface area contributed by atoms with E-state index in [0.29, 0.717) is 4.88 Å². The fourth-order valence-corrected chi connectivity index (χ4v) is 1.80. The van der Waals surface area contributed by atoms with Gasteiger partial charge in [0.15, 0.2) is 0 Å². The van der Waals surface area contributed by atoms with Gasteiger partial charge >= 0.3 is 0 Å². The molecule has 2 unspecified atom stereocenters. The summed E-state index contributed by atoms with van der Waals surface area (Å²) in [5.74, 6) is -0.720. The van der Waals surface area contributed by atoms with Crippen LogP contribution in [-0.4, -0.2) is 47.3 Å². The van der Waals surface area contributed by atoms with E-state index in [0.717, 1.165) is 0 Å². The second kappa shape index (κ2) is 7.10. The zero-order chi connectivity index (χ0) is 13.5. The van der Waals surface area contributed by atoms with Crippen molar-refractivity contribution < 1.29 is 19.8 Å². The van der Waals surface area contributed by atoms with Crippen LogP contribution in [0.1, 0.15) is 16.6 Å². The third kappa shape index (κ3) is 4.44. The van der Waals surface area contributed by atoms with E-state index in [4.69, 9.17) is 10.2 Å². The van der Waals surface area contributed by atoms with Gasteiger partial charge < -0.3 is 20.8 Å². The Kier molecular flexibility index (Phi) is 5.76. The second-order valence-corrected chi connectivity index (χ2v) is 4.70. The first-order chi connectivity index (χ1) is 8.54. The molecule has 2 atom stereocenters. The van der Waals surface area contributed by atoms with Gasteiger partial charge in [-0.2, -0.15) is 0 Å². The minimum absolute atomic E-state index is 0.0471. The molecule has 0 aliphatic heterocycles. The molecule has 0 radical (unpaired) electrons. The van der Waals surface area contributed by atoms with Gasteiger partial charge in [-0.3, -0.25) is 9.59 Å². The van der Waals surface area contributed by atoms with Gasteiger partial charge in [0.1, 0.15) is 6.04 Å². The Morgan fingerprint density at radius 1 is 1.50 bits per heavy atom. The number of aliphatic hydroxyl groups is 2. The van der Waals surface area contributed by atoms with Crippen molar-refractivity contribution in [2.75, 3.05) is 13.2 Å². The zero-order valence-corrected chi connectivity index (χ0v) is 10.7. The number of amides is 2. The van der Waals surface area contributed by atoms with Crippen molar-refractivity contribution in [1.82, 2.24) is 10.6 Å². The Balaban J connectivity index is 2.38. The lowest BCUT2D eigenvalue weighted by Crippen LogP contribution is -2.46. The third-order valence-corrected chi connectivity index (χ3v) is 3.08. The lowest BCUT2D eigenvalue weighted by atomic mass is 10.3. The molecule has 0 spiro atoms. The molecule has 18 heavy (non-hydrogen) atoms. The highest BCUT2D eigenvalue weighted by atomic mass is 32.1. The van der Waals surface area contributed by atoms with Gasteiger partial charge in [0.25, 0.3) is 5.91 Å². The summed E-state index contributed by atoms with van der Waals surface area (Å²) >= 11 is 1.29. The van der Waals surface area contributed by atoms with Crippen LogP contribution < -0.4 is 10.6 Å². The normalized spacial score (nSPS) is 13.7. The third-order valence-electron chi connectivity index (χ3n) is 2.21. The lowest BCUT2D eigenvalue weighted by Gasteiger charge is -2.15. The van der Waals surface area contributed by atoms with E-state index in [1.165, 1.54) is 11.3 Å². The Morgan fingerprint density at radius 3 is 2.78 bits per heavy atom. The van der Waals surface area contributed by atoms with Gasteiger partial charge in [0.2, 0.25) is 5.91 Å². The van der Waals surface area contributed by atoms with E-state index < -0.39 is 24.7 Å². The van der Waals surface area contributed by atoms with Gasteiger partial charge in [-0.25, -0.2) is 0 Å². The topological polar surface area (TPSA) is 98.7 Å². The fraction of sp³-hybridized carbons (Fsp3) is 0.455. The van der Waals surface area contributed by atoms with Crippen molar-refractivity contribution in [3.8, 4) is 0 Å². The molecule has 100 valence electrons. The van der Waals surface area contributed by atoms with Crippen molar-refractivity contribution in [3.63, 3.8) is 0 Å². The average molecular weight is 272 g/mol. The molecule has 4 N–H and O–H groups in total. The summed E-state index contributed by atoms with van der Waals surface area (Å²) in [6, 6.07) is 2.72. The van der Waals surface area contributed by atoms with Gasteiger partial charge in [-0.15, -0.1) is 11.3 Å². The van der Waals surface area contributed by atoms with Crippen LogP contribution in [0.4, 0.5) is 0 Å². The molecule has 1 heterocycles. The summed E-state index contributed by atoms with van der Waals surface area (Å²) in [7, 11) is 0. The smallest absolute Gasteiger partial charge is 0.261 e. The van der Waals surface area contributed by atoms with E-state index in [1.54, 1.807) is 24.4 Å². The number of carbonyl (C=O) groups is 2. The predicted octanol–water partition coefficient (Wildman–Crippen LogP) is -0.664. The molecule has 6 nitrogen and oxygen atoms in total. The molecule has 7 heteroatoms. The second-order valence-electron chi connectivity index (χ2n) is 3.75. The maximum absolute atomic E-state index is 11.6. The van der Waals surface area contributed by atoms with Crippen molar-refractivity contribution >= 4 is 23.2 Å². The highest BCUT2D eigenvalue weighted by Crippen LogP contribution is 2.07. The van der Waals surface area contributed by atoms with Crippen LogP contribution in [0.25, 0.3) is 0 Å². The van der Waals surface area contributed by atoms with Crippen LogP contribution in [0.3, 0.4) is 0 Å². The molecule has 0 aliphatic rings. The molecule has 2 amide bonds. The number of hydrogen-bond donors (Lipinski definition) is 4. The number of thiophene rings is 1. The number of carbonyl (C=O) groups excluding carboxylic acids is 2. The highest BCUT2D eigenvalue weighted by molar-refractivity contribution is 7.12. The summed E-state index contributed by atoms with van der Waals surface area (Å²) < 4.78 is 0. The van der Waals surface area contributed by atoms with Gasteiger partial charge in [0, 0.05) is 6.54 Å². The monoisotopic (exact) mass is 272 g/mol. The maximum atomic E-state index is 11.6. The van der Waals surface area contributed by atoms with Gasteiger partial charge in [-0.05, 0) is 18.4 Å². The number of rotatable bonds is 6. The molecule has 0 saturated heterocycles. The summed E-state index contributed by atoms with van der Waals surface area (Å²) in [5, 5.41) is 24.4. The van der Waals surface area contributed by atoms with Crippen molar-refractivity contribution in [3.05, 3.63) is 22.4 Å². The summed E-state index contributed by atoms with van der Waals surface area (Å²) in [6.07, 6.45) is -0.992. The minimum atomic E-state index is -0.992. The fourth-order valence-electron chi connectivity index (χ4n) is 1.18. The Bertz CT molecular complexity index is 394. The van der Waals surface area contributed by atoms with Crippen LogP contribution >= 0.6 is 11.3 Å². The lowest BCUT2D eigenvalue weighted by molar-refractivity contribution is -0.123. The van der Waals surface area contributed by atoms with E-state index in [2.05, 4.69) is 10.6 Å². The SMILES string of the molecule is CC(NC(=O)c1cccs1)C(=O)NCC(O)CO. The van der Waals surface area contributed by atoms with Gasteiger partial charge in [-0.1, -0.05) is 6.07 Å². The van der Waals surface area contributed by atoms with E-state index >= 15 is 0 Å². The standard InChI is InChI=1S/C11H16N2O4S/c1-7(10(16)12-5-8(15)6-14)13-11(17)9-3-2-4-18-9/h2-4,7-8,14-15H,5-6H2,1H3,(H,12,16)(H,13,17). The average Bonchev–Trinajstić information content (AvgIpc) is 2.89. The van der Waals surface area contributed by atoms with Crippen molar-refractivity contribution in [2.45, 2.75) is 19.1 Å². The zero-order valence-electron chi connectivity index (χ0n) is 9.92. The van der Waals surface area contributed by atoms with Crippen molar-refractivity contribution in [2.24, 2.45) is 0 Å². The first-order valence-electron chi connectivity index (χ1n) is 5.45. The Morgan fingerprint density at radius 2 is 2.22 bits per heavy atom. The first kappa shape index (κ1) is 14.6.